The lowest BCUT2D eigenvalue weighted by atomic mass is 10.0. The van der Waals surface area contributed by atoms with Gasteiger partial charge in [0, 0.05) is 12.1 Å². The van der Waals surface area contributed by atoms with Gasteiger partial charge in [-0.15, -0.1) is 6.58 Å². The van der Waals surface area contributed by atoms with Gasteiger partial charge in [-0.25, -0.2) is 4.79 Å². The molecule has 0 spiro atoms. The lowest BCUT2D eigenvalue weighted by molar-refractivity contribution is -0.384. The van der Waals surface area contributed by atoms with Crippen LogP contribution in [0.5, 0.6) is 0 Å². The van der Waals surface area contributed by atoms with Crippen molar-refractivity contribution in [2.24, 2.45) is 0 Å². The van der Waals surface area contributed by atoms with Crippen LogP contribution in [0.1, 0.15) is 15.9 Å². The second-order valence-electron chi connectivity index (χ2n) is 3.12. The Morgan fingerprint density at radius 2 is 2.25 bits per heavy atom. The average Bonchev–Trinajstić information content (AvgIpc) is 2.16. The maximum atomic E-state index is 10.9. The fourth-order valence-corrected chi connectivity index (χ4v) is 1.39. The lowest BCUT2D eigenvalue weighted by Gasteiger charge is -2.06. The molecule has 0 aliphatic rings. The standard InChI is InChI=1S/C10H10N2O4/c1-2-3-6-4-7(12(15)16)5-8(11)9(6)10(13)14/h2,4-5H,1,3,11H2,(H,13,14). The number of aromatic carboxylic acids is 1. The number of nitro benzene ring substituents is 1. The van der Waals surface area contributed by atoms with Crippen LogP contribution in [-0.2, 0) is 6.42 Å². The van der Waals surface area contributed by atoms with Crippen molar-refractivity contribution in [1.29, 1.82) is 0 Å². The zero-order chi connectivity index (χ0) is 12.3. The molecule has 0 aromatic heterocycles. The molecule has 0 fully saturated rings. The Morgan fingerprint density at radius 1 is 1.62 bits per heavy atom. The summed E-state index contributed by atoms with van der Waals surface area (Å²) in [5, 5.41) is 19.5. The second-order valence-corrected chi connectivity index (χ2v) is 3.12. The highest BCUT2D eigenvalue weighted by Crippen LogP contribution is 2.25. The first-order chi connectivity index (χ1) is 7.47. The summed E-state index contributed by atoms with van der Waals surface area (Å²) in [6.45, 7) is 3.46. The van der Waals surface area contributed by atoms with E-state index in [0.29, 0.717) is 0 Å². The molecule has 0 saturated heterocycles. The average molecular weight is 222 g/mol. The molecule has 0 radical (unpaired) electrons. The normalized spacial score (nSPS) is 9.75. The highest BCUT2D eigenvalue weighted by molar-refractivity contribution is 5.96. The number of hydrogen-bond acceptors (Lipinski definition) is 4. The highest BCUT2D eigenvalue weighted by Gasteiger charge is 2.18. The summed E-state index contributed by atoms with van der Waals surface area (Å²) in [5.41, 5.74) is 5.32. The van der Waals surface area contributed by atoms with Crippen LogP contribution in [-0.4, -0.2) is 16.0 Å². The minimum atomic E-state index is -1.20. The molecule has 0 heterocycles. The summed E-state index contributed by atoms with van der Waals surface area (Å²) in [7, 11) is 0. The van der Waals surface area contributed by atoms with Crippen molar-refractivity contribution in [2.45, 2.75) is 6.42 Å². The first kappa shape index (κ1) is 11.7. The Labute approximate surface area is 91.2 Å². The maximum Gasteiger partial charge on any atom is 0.338 e. The van der Waals surface area contributed by atoms with Gasteiger partial charge in [-0.3, -0.25) is 10.1 Å². The Bertz CT molecular complexity index is 468. The topological polar surface area (TPSA) is 106 Å². The van der Waals surface area contributed by atoms with Gasteiger partial charge in [-0.2, -0.15) is 0 Å². The third kappa shape index (κ3) is 2.17. The number of non-ortho nitro benzene ring substituents is 1. The van der Waals surface area contributed by atoms with E-state index in [-0.39, 0.29) is 28.9 Å². The first-order valence-electron chi connectivity index (χ1n) is 4.38. The van der Waals surface area contributed by atoms with E-state index in [1.807, 2.05) is 0 Å². The number of benzene rings is 1. The summed E-state index contributed by atoms with van der Waals surface area (Å²) in [6.07, 6.45) is 1.68. The summed E-state index contributed by atoms with van der Waals surface area (Å²) in [6, 6.07) is 2.23. The summed E-state index contributed by atoms with van der Waals surface area (Å²) in [5.74, 6) is -1.20. The van der Waals surface area contributed by atoms with Crippen molar-refractivity contribution < 1.29 is 14.8 Å². The van der Waals surface area contributed by atoms with Crippen LogP contribution < -0.4 is 5.73 Å². The highest BCUT2D eigenvalue weighted by atomic mass is 16.6. The van der Waals surface area contributed by atoms with Crippen LogP contribution in [0.25, 0.3) is 0 Å². The van der Waals surface area contributed by atoms with E-state index in [0.717, 1.165) is 6.07 Å². The molecule has 1 rings (SSSR count). The molecule has 16 heavy (non-hydrogen) atoms. The molecule has 0 aliphatic carbocycles. The molecule has 0 aliphatic heterocycles. The molecular formula is C10H10N2O4. The van der Waals surface area contributed by atoms with Crippen LogP contribution in [0, 0.1) is 10.1 Å². The van der Waals surface area contributed by atoms with Crippen molar-refractivity contribution in [2.75, 3.05) is 5.73 Å². The third-order valence-corrected chi connectivity index (χ3v) is 2.02. The molecule has 0 unspecified atom stereocenters. The quantitative estimate of drug-likeness (QED) is 0.348. The van der Waals surface area contributed by atoms with E-state index in [2.05, 4.69) is 6.58 Å². The van der Waals surface area contributed by atoms with Gasteiger partial charge in [0.15, 0.2) is 0 Å². The fourth-order valence-electron chi connectivity index (χ4n) is 1.39. The van der Waals surface area contributed by atoms with E-state index in [1.165, 1.54) is 12.1 Å². The summed E-state index contributed by atoms with van der Waals surface area (Å²) >= 11 is 0. The summed E-state index contributed by atoms with van der Waals surface area (Å²) < 4.78 is 0. The minimum Gasteiger partial charge on any atom is -0.478 e. The second kappa shape index (κ2) is 4.43. The van der Waals surface area contributed by atoms with E-state index < -0.39 is 10.9 Å². The molecule has 0 atom stereocenters. The Morgan fingerprint density at radius 3 is 2.69 bits per heavy atom. The molecule has 6 nitrogen and oxygen atoms in total. The lowest BCUT2D eigenvalue weighted by Crippen LogP contribution is -2.08. The Kier molecular flexibility index (Phi) is 3.24. The number of nitrogen functional groups attached to an aromatic ring is 1. The van der Waals surface area contributed by atoms with Crippen molar-refractivity contribution in [3.05, 3.63) is 46.0 Å². The first-order valence-corrected chi connectivity index (χ1v) is 4.38. The molecule has 3 N–H and O–H groups in total. The predicted molar refractivity (Wildman–Crippen MR) is 58.4 cm³/mol. The fraction of sp³-hybridized carbons (Fsp3) is 0.100. The van der Waals surface area contributed by atoms with E-state index in [4.69, 9.17) is 10.8 Å². The van der Waals surface area contributed by atoms with Crippen molar-refractivity contribution in [3.63, 3.8) is 0 Å². The minimum absolute atomic E-state index is 0.106. The van der Waals surface area contributed by atoms with Gasteiger partial charge in [0.05, 0.1) is 16.2 Å². The molecule has 0 bridgehead atoms. The Balaban J connectivity index is 3.44. The van der Waals surface area contributed by atoms with Crippen LogP contribution in [0.15, 0.2) is 24.8 Å². The smallest absolute Gasteiger partial charge is 0.338 e. The van der Waals surface area contributed by atoms with E-state index in [1.54, 1.807) is 0 Å². The van der Waals surface area contributed by atoms with Crippen LogP contribution >= 0.6 is 0 Å². The van der Waals surface area contributed by atoms with Gasteiger partial charge in [-0.1, -0.05) is 6.08 Å². The number of nitro groups is 1. The van der Waals surface area contributed by atoms with Gasteiger partial charge in [-0.05, 0) is 12.0 Å². The Hall–Kier alpha value is -2.37. The van der Waals surface area contributed by atoms with Crippen molar-refractivity contribution in [1.82, 2.24) is 0 Å². The molecule has 0 saturated carbocycles. The monoisotopic (exact) mass is 222 g/mol. The van der Waals surface area contributed by atoms with Gasteiger partial charge in [0.1, 0.15) is 0 Å². The van der Waals surface area contributed by atoms with Crippen molar-refractivity contribution >= 4 is 17.3 Å². The SMILES string of the molecule is C=CCc1cc([N+](=O)[O-])cc(N)c1C(=O)O. The number of carbonyl (C=O) groups is 1. The number of anilines is 1. The van der Waals surface area contributed by atoms with Crippen LogP contribution in [0.4, 0.5) is 11.4 Å². The third-order valence-electron chi connectivity index (χ3n) is 2.02. The largest absolute Gasteiger partial charge is 0.478 e. The van der Waals surface area contributed by atoms with Gasteiger partial charge >= 0.3 is 5.97 Å². The number of nitrogens with zero attached hydrogens (tertiary/aromatic N) is 1. The number of rotatable bonds is 4. The number of allylic oxidation sites excluding steroid dienone is 1. The molecular weight excluding hydrogens is 212 g/mol. The van der Waals surface area contributed by atoms with E-state index >= 15 is 0 Å². The van der Waals surface area contributed by atoms with Gasteiger partial charge in [0.2, 0.25) is 0 Å². The molecule has 0 amide bonds. The maximum absolute atomic E-state index is 10.9. The number of nitrogens with two attached hydrogens (primary N) is 1. The zero-order valence-corrected chi connectivity index (χ0v) is 8.34. The molecule has 1 aromatic rings. The van der Waals surface area contributed by atoms with Crippen molar-refractivity contribution in [3.8, 4) is 0 Å². The van der Waals surface area contributed by atoms with Gasteiger partial charge in [0.25, 0.3) is 5.69 Å². The number of hydrogen-bond donors (Lipinski definition) is 2. The van der Waals surface area contributed by atoms with Gasteiger partial charge < -0.3 is 10.8 Å². The zero-order valence-electron chi connectivity index (χ0n) is 8.34. The van der Waals surface area contributed by atoms with Crippen LogP contribution in [0.2, 0.25) is 0 Å². The summed E-state index contributed by atoms with van der Waals surface area (Å²) in [4.78, 5) is 20.9. The number of carboxylic acids is 1. The molecule has 6 heteroatoms. The van der Waals surface area contributed by atoms with E-state index in [9.17, 15) is 14.9 Å². The predicted octanol–water partition coefficient (Wildman–Crippen LogP) is 1.60. The molecule has 1 aromatic carbocycles. The molecule has 84 valence electrons. The number of carboxylic acid groups (broad SMARTS) is 1. The van der Waals surface area contributed by atoms with Crippen LogP contribution in [0.3, 0.4) is 0 Å².